The molecule has 0 radical (unpaired) electrons. The number of hydrogen-bond donors (Lipinski definition) is 1. The summed E-state index contributed by atoms with van der Waals surface area (Å²) in [5, 5.41) is 7.05. The zero-order chi connectivity index (χ0) is 16.4. The second kappa shape index (κ2) is 6.37. The molecule has 1 saturated heterocycles. The maximum absolute atomic E-state index is 11.7. The van der Waals surface area contributed by atoms with Gasteiger partial charge in [0.15, 0.2) is 0 Å². The standard InChI is InChI=1S/C15H21N5O2S/c1-11-6-14(19-18-11)15-9-16-13(8-17-15)7-12-4-3-5-20(10-12)23(2,21)22/h6,8-9,12H,3-5,7,10H2,1-2H3,(H,18,19)/t12-/m0/s1. The van der Waals surface area contributed by atoms with Gasteiger partial charge in [0.1, 0.15) is 11.4 Å². The van der Waals surface area contributed by atoms with E-state index in [1.807, 2.05) is 13.0 Å². The molecule has 124 valence electrons. The Morgan fingerprint density at radius 1 is 1.30 bits per heavy atom. The van der Waals surface area contributed by atoms with E-state index in [1.54, 1.807) is 16.7 Å². The SMILES string of the molecule is Cc1cc(-c2cnc(C[C@@H]3CCCN(S(C)(=O)=O)C3)cn2)n[nH]1. The second-order valence-corrected chi connectivity index (χ2v) is 8.14. The number of H-pyrrole nitrogens is 1. The van der Waals surface area contributed by atoms with Crippen molar-refractivity contribution in [2.24, 2.45) is 5.92 Å². The smallest absolute Gasteiger partial charge is 0.211 e. The molecular formula is C15H21N5O2S. The minimum atomic E-state index is -3.11. The Labute approximate surface area is 136 Å². The highest BCUT2D eigenvalue weighted by Gasteiger charge is 2.26. The van der Waals surface area contributed by atoms with Crippen LogP contribution in [0.15, 0.2) is 18.5 Å². The first-order valence-electron chi connectivity index (χ1n) is 7.70. The Morgan fingerprint density at radius 3 is 2.74 bits per heavy atom. The number of rotatable bonds is 4. The van der Waals surface area contributed by atoms with E-state index in [-0.39, 0.29) is 0 Å². The number of nitrogens with zero attached hydrogens (tertiary/aromatic N) is 4. The van der Waals surface area contributed by atoms with Gasteiger partial charge in [0.2, 0.25) is 10.0 Å². The van der Waals surface area contributed by atoms with Crippen LogP contribution in [0.3, 0.4) is 0 Å². The third-order valence-corrected chi connectivity index (χ3v) is 5.39. The third-order valence-electron chi connectivity index (χ3n) is 4.12. The quantitative estimate of drug-likeness (QED) is 0.911. The molecular weight excluding hydrogens is 314 g/mol. The van der Waals surface area contributed by atoms with Crippen LogP contribution in [0.25, 0.3) is 11.4 Å². The monoisotopic (exact) mass is 335 g/mol. The normalized spacial score (nSPS) is 19.8. The molecule has 2 aromatic rings. The van der Waals surface area contributed by atoms with E-state index < -0.39 is 10.0 Å². The molecule has 3 rings (SSSR count). The van der Waals surface area contributed by atoms with Gasteiger partial charge in [-0.15, -0.1) is 0 Å². The van der Waals surface area contributed by atoms with Gasteiger partial charge in [-0.25, -0.2) is 12.7 Å². The minimum absolute atomic E-state index is 0.297. The summed E-state index contributed by atoms with van der Waals surface area (Å²) in [5.74, 6) is 0.297. The van der Waals surface area contributed by atoms with Crippen molar-refractivity contribution in [3.05, 3.63) is 29.8 Å². The molecule has 0 spiro atoms. The van der Waals surface area contributed by atoms with Crippen LogP contribution >= 0.6 is 0 Å². The van der Waals surface area contributed by atoms with Crippen molar-refractivity contribution in [2.75, 3.05) is 19.3 Å². The van der Waals surface area contributed by atoms with Crippen molar-refractivity contribution < 1.29 is 8.42 Å². The summed E-state index contributed by atoms with van der Waals surface area (Å²) in [6.07, 6.45) is 7.43. The van der Waals surface area contributed by atoms with Crippen molar-refractivity contribution >= 4 is 10.0 Å². The Balaban J connectivity index is 1.66. The fourth-order valence-corrected chi connectivity index (χ4v) is 3.87. The number of aromatic nitrogens is 4. The van der Waals surface area contributed by atoms with E-state index in [2.05, 4.69) is 20.2 Å². The molecule has 23 heavy (non-hydrogen) atoms. The Bertz CT molecular complexity index is 769. The summed E-state index contributed by atoms with van der Waals surface area (Å²) in [4.78, 5) is 8.88. The Kier molecular flexibility index (Phi) is 4.45. The van der Waals surface area contributed by atoms with Crippen LogP contribution in [0, 0.1) is 12.8 Å². The molecule has 1 aliphatic rings. The van der Waals surface area contributed by atoms with Crippen LogP contribution in [0.2, 0.25) is 0 Å². The van der Waals surface area contributed by atoms with Gasteiger partial charge in [0, 0.05) is 25.0 Å². The predicted octanol–water partition coefficient (Wildman–Crippen LogP) is 1.39. The van der Waals surface area contributed by atoms with Gasteiger partial charge in [-0.1, -0.05) is 0 Å². The highest BCUT2D eigenvalue weighted by atomic mass is 32.2. The largest absolute Gasteiger partial charge is 0.282 e. The molecule has 0 aromatic carbocycles. The van der Waals surface area contributed by atoms with Crippen molar-refractivity contribution in [1.82, 2.24) is 24.5 Å². The molecule has 1 N–H and O–H groups in total. The highest BCUT2D eigenvalue weighted by Crippen LogP contribution is 2.22. The molecule has 8 heteroatoms. The molecule has 7 nitrogen and oxygen atoms in total. The van der Waals surface area contributed by atoms with Crippen molar-refractivity contribution in [1.29, 1.82) is 0 Å². The summed E-state index contributed by atoms with van der Waals surface area (Å²) >= 11 is 0. The summed E-state index contributed by atoms with van der Waals surface area (Å²) in [6, 6.07) is 1.93. The van der Waals surface area contributed by atoms with E-state index in [4.69, 9.17) is 0 Å². The number of aryl methyl sites for hydroxylation is 1. The number of piperidine rings is 1. The van der Waals surface area contributed by atoms with Gasteiger partial charge in [0.05, 0.1) is 18.1 Å². The fraction of sp³-hybridized carbons (Fsp3) is 0.533. The molecule has 2 aromatic heterocycles. The Hall–Kier alpha value is -1.80. The van der Waals surface area contributed by atoms with Gasteiger partial charge < -0.3 is 0 Å². The van der Waals surface area contributed by atoms with Crippen LogP contribution in [0.1, 0.15) is 24.2 Å². The lowest BCUT2D eigenvalue weighted by Gasteiger charge is -2.30. The van der Waals surface area contributed by atoms with Gasteiger partial charge >= 0.3 is 0 Å². The van der Waals surface area contributed by atoms with E-state index in [1.165, 1.54) is 6.26 Å². The predicted molar refractivity (Wildman–Crippen MR) is 87.2 cm³/mol. The van der Waals surface area contributed by atoms with Crippen molar-refractivity contribution in [3.8, 4) is 11.4 Å². The second-order valence-electron chi connectivity index (χ2n) is 6.16. The Morgan fingerprint density at radius 2 is 2.13 bits per heavy atom. The van der Waals surface area contributed by atoms with E-state index >= 15 is 0 Å². The average Bonchev–Trinajstić information content (AvgIpc) is 2.94. The first-order chi connectivity index (χ1) is 10.9. The fourth-order valence-electron chi connectivity index (χ4n) is 2.93. The van der Waals surface area contributed by atoms with Gasteiger partial charge in [-0.2, -0.15) is 5.10 Å². The lowest BCUT2D eigenvalue weighted by Crippen LogP contribution is -2.39. The van der Waals surface area contributed by atoms with Crippen LogP contribution in [0.5, 0.6) is 0 Å². The first kappa shape index (κ1) is 16.1. The number of sulfonamides is 1. The lowest BCUT2D eigenvalue weighted by molar-refractivity contribution is 0.265. The lowest BCUT2D eigenvalue weighted by atomic mass is 9.95. The van der Waals surface area contributed by atoms with Crippen LogP contribution in [0.4, 0.5) is 0 Å². The molecule has 1 aliphatic heterocycles. The van der Waals surface area contributed by atoms with E-state index in [9.17, 15) is 8.42 Å². The summed E-state index contributed by atoms with van der Waals surface area (Å²) in [6.45, 7) is 3.13. The zero-order valence-corrected chi connectivity index (χ0v) is 14.2. The molecule has 3 heterocycles. The zero-order valence-electron chi connectivity index (χ0n) is 13.4. The molecule has 0 aliphatic carbocycles. The van der Waals surface area contributed by atoms with Crippen LogP contribution in [-0.4, -0.2) is 52.2 Å². The molecule has 0 unspecified atom stereocenters. The summed E-state index contributed by atoms with van der Waals surface area (Å²) < 4.78 is 24.9. The summed E-state index contributed by atoms with van der Waals surface area (Å²) in [7, 11) is -3.11. The topological polar surface area (TPSA) is 91.8 Å². The number of hydrogen-bond acceptors (Lipinski definition) is 5. The van der Waals surface area contributed by atoms with Gasteiger partial charge in [0.25, 0.3) is 0 Å². The third kappa shape index (κ3) is 3.94. The average molecular weight is 335 g/mol. The number of nitrogens with one attached hydrogen (secondary N) is 1. The maximum Gasteiger partial charge on any atom is 0.211 e. The van der Waals surface area contributed by atoms with Crippen molar-refractivity contribution in [2.45, 2.75) is 26.2 Å². The summed E-state index contributed by atoms with van der Waals surface area (Å²) in [5.41, 5.74) is 3.39. The number of aromatic amines is 1. The van der Waals surface area contributed by atoms with Gasteiger partial charge in [-0.05, 0) is 38.2 Å². The molecule has 0 amide bonds. The van der Waals surface area contributed by atoms with Gasteiger partial charge in [-0.3, -0.25) is 15.1 Å². The van der Waals surface area contributed by atoms with Crippen LogP contribution < -0.4 is 0 Å². The maximum atomic E-state index is 11.7. The van der Waals surface area contributed by atoms with Crippen molar-refractivity contribution in [3.63, 3.8) is 0 Å². The van der Waals surface area contributed by atoms with Crippen LogP contribution in [-0.2, 0) is 16.4 Å². The molecule has 1 fully saturated rings. The van der Waals surface area contributed by atoms with E-state index in [0.717, 1.165) is 42.0 Å². The molecule has 1 atom stereocenters. The molecule has 0 bridgehead atoms. The first-order valence-corrected chi connectivity index (χ1v) is 9.55. The highest BCUT2D eigenvalue weighted by molar-refractivity contribution is 7.88. The minimum Gasteiger partial charge on any atom is -0.282 e. The molecule has 0 saturated carbocycles. The van der Waals surface area contributed by atoms with E-state index in [0.29, 0.717) is 19.0 Å².